The van der Waals surface area contributed by atoms with E-state index in [4.69, 9.17) is 37.4 Å². The Kier molecular flexibility index (Phi) is 10.6. The molecule has 0 unspecified atom stereocenters. The van der Waals surface area contributed by atoms with Crippen LogP contribution in [-0.4, -0.2) is 61.7 Å². The summed E-state index contributed by atoms with van der Waals surface area (Å²) in [5.41, 5.74) is 1.60. The van der Waals surface area contributed by atoms with Crippen molar-refractivity contribution in [1.82, 2.24) is 9.29 Å². The third-order valence-corrected chi connectivity index (χ3v) is 11.2. The van der Waals surface area contributed by atoms with Crippen molar-refractivity contribution in [1.29, 1.82) is 0 Å². The fourth-order valence-electron chi connectivity index (χ4n) is 4.77. The number of alkyl halides is 2. The summed E-state index contributed by atoms with van der Waals surface area (Å²) in [5, 5.41) is -0.770. The van der Waals surface area contributed by atoms with Crippen molar-refractivity contribution in [2.75, 3.05) is 26.0 Å². The Morgan fingerprint density at radius 2 is 1.82 bits per heavy atom. The van der Waals surface area contributed by atoms with Gasteiger partial charge in [0.05, 0.1) is 23.8 Å². The van der Waals surface area contributed by atoms with Crippen molar-refractivity contribution >= 4 is 51.0 Å². The number of aromatic nitrogens is 1. The Morgan fingerprint density at radius 3 is 2.49 bits per heavy atom. The van der Waals surface area contributed by atoms with E-state index < -0.39 is 34.1 Å². The SMILES string of the molecule is COc1cc(C)ccc1S(=O)(=O)N1CCS[C@H]1C(=O)O[C@@H](Cc1c(Cl)cncc1Cl)c1ccc(OC(F)F)c(OCC2CC2)c1. The summed E-state index contributed by atoms with van der Waals surface area (Å²) in [5.74, 6) is -0.127. The fourth-order valence-corrected chi connectivity index (χ4v) is 8.47. The number of nitrogens with zero attached hydrogens (tertiary/aromatic N) is 2. The van der Waals surface area contributed by atoms with Gasteiger partial charge in [0.2, 0.25) is 10.0 Å². The van der Waals surface area contributed by atoms with Crippen LogP contribution in [0.25, 0.3) is 0 Å². The molecule has 1 saturated heterocycles. The maximum Gasteiger partial charge on any atom is 0.387 e. The molecule has 1 aliphatic carbocycles. The molecule has 0 amide bonds. The fraction of sp³-hybridized carbons (Fsp3) is 0.400. The molecule has 242 valence electrons. The summed E-state index contributed by atoms with van der Waals surface area (Å²) in [6.45, 7) is -0.902. The van der Waals surface area contributed by atoms with E-state index in [0.29, 0.717) is 29.4 Å². The number of pyridine rings is 1. The molecule has 0 N–H and O–H groups in total. The molecule has 1 aromatic heterocycles. The maximum absolute atomic E-state index is 13.8. The number of aryl methyl sites for hydroxylation is 1. The van der Waals surface area contributed by atoms with Gasteiger partial charge in [0.15, 0.2) is 16.9 Å². The van der Waals surface area contributed by atoms with Gasteiger partial charge in [-0.2, -0.15) is 13.1 Å². The van der Waals surface area contributed by atoms with E-state index in [2.05, 4.69) is 9.72 Å². The topological polar surface area (TPSA) is 104 Å². The molecular formula is C30H30Cl2F2N2O7S2. The average molecular weight is 704 g/mol. The minimum atomic E-state index is -4.17. The van der Waals surface area contributed by atoms with Gasteiger partial charge in [0.1, 0.15) is 16.7 Å². The van der Waals surface area contributed by atoms with Crippen LogP contribution in [0.15, 0.2) is 53.7 Å². The summed E-state index contributed by atoms with van der Waals surface area (Å²) in [6.07, 6.45) is 3.62. The second kappa shape index (κ2) is 14.3. The van der Waals surface area contributed by atoms with Crippen LogP contribution in [0.4, 0.5) is 8.78 Å². The lowest BCUT2D eigenvalue weighted by Gasteiger charge is -2.26. The zero-order chi connectivity index (χ0) is 32.3. The molecule has 0 radical (unpaired) electrons. The van der Waals surface area contributed by atoms with Crippen molar-refractivity contribution in [3.05, 3.63) is 75.5 Å². The number of benzene rings is 2. The largest absolute Gasteiger partial charge is 0.495 e. The van der Waals surface area contributed by atoms with Gasteiger partial charge in [0.25, 0.3) is 0 Å². The number of carbonyl (C=O) groups excluding carboxylic acids is 1. The Morgan fingerprint density at radius 1 is 1.09 bits per heavy atom. The van der Waals surface area contributed by atoms with E-state index in [-0.39, 0.29) is 45.2 Å². The number of sulfonamides is 1. The lowest BCUT2D eigenvalue weighted by molar-refractivity contribution is -0.150. The molecule has 15 heteroatoms. The summed E-state index contributed by atoms with van der Waals surface area (Å²) >= 11 is 13.9. The molecule has 0 bridgehead atoms. The van der Waals surface area contributed by atoms with Crippen LogP contribution in [0, 0.1) is 12.8 Å². The first kappa shape index (κ1) is 33.5. The number of halogens is 4. The molecule has 2 fully saturated rings. The van der Waals surface area contributed by atoms with Gasteiger partial charge >= 0.3 is 12.6 Å². The van der Waals surface area contributed by atoms with Crippen LogP contribution in [-0.2, 0) is 26.0 Å². The first-order chi connectivity index (χ1) is 21.5. The summed E-state index contributed by atoms with van der Waals surface area (Å²) in [6, 6.07) is 8.94. The zero-order valence-corrected chi connectivity index (χ0v) is 27.4. The highest BCUT2D eigenvalue weighted by Crippen LogP contribution is 2.40. The van der Waals surface area contributed by atoms with Gasteiger partial charge in [0, 0.05) is 31.1 Å². The van der Waals surface area contributed by atoms with Gasteiger partial charge in [-0.05, 0) is 66.6 Å². The van der Waals surface area contributed by atoms with E-state index in [1.807, 2.05) is 0 Å². The van der Waals surface area contributed by atoms with E-state index in [1.54, 1.807) is 19.1 Å². The number of carbonyl (C=O) groups is 1. The molecule has 1 saturated carbocycles. The van der Waals surface area contributed by atoms with Crippen LogP contribution in [0.2, 0.25) is 10.0 Å². The zero-order valence-electron chi connectivity index (χ0n) is 24.3. The third-order valence-electron chi connectivity index (χ3n) is 7.28. The molecular weight excluding hydrogens is 673 g/mol. The first-order valence-electron chi connectivity index (χ1n) is 14.0. The number of hydrogen-bond acceptors (Lipinski definition) is 9. The van der Waals surface area contributed by atoms with Crippen molar-refractivity contribution in [3.63, 3.8) is 0 Å². The molecule has 3 aromatic rings. The highest BCUT2D eigenvalue weighted by molar-refractivity contribution is 8.02. The van der Waals surface area contributed by atoms with Gasteiger partial charge in [-0.1, -0.05) is 35.3 Å². The first-order valence-corrected chi connectivity index (χ1v) is 17.2. The Hall–Kier alpha value is -2.84. The summed E-state index contributed by atoms with van der Waals surface area (Å²) in [7, 11) is -2.80. The van der Waals surface area contributed by atoms with Gasteiger partial charge in [-0.15, -0.1) is 11.8 Å². The lowest BCUT2D eigenvalue weighted by Crippen LogP contribution is -2.40. The Bertz CT molecular complexity index is 1640. The van der Waals surface area contributed by atoms with Crippen LogP contribution in [0.3, 0.4) is 0 Å². The monoisotopic (exact) mass is 702 g/mol. The van der Waals surface area contributed by atoms with Crippen LogP contribution < -0.4 is 14.2 Å². The molecule has 2 aliphatic rings. The molecule has 1 aliphatic heterocycles. The van der Waals surface area contributed by atoms with Crippen LogP contribution in [0.1, 0.15) is 35.6 Å². The highest BCUT2D eigenvalue weighted by Gasteiger charge is 2.43. The average Bonchev–Trinajstić information content (AvgIpc) is 3.69. The predicted molar refractivity (Wildman–Crippen MR) is 166 cm³/mol. The van der Waals surface area contributed by atoms with Crippen molar-refractivity contribution in [2.24, 2.45) is 5.92 Å². The number of thioether (sulfide) groups is 1. The van der Waals surface area contributed by atoms with Crippen molar-refractivity contribution in [3.8, 4) is 17.2 Å². The molecule has 0 spiro atoms. The Balaban J connectivity index is 1.47. The number of esters is 1. The summed E-state index contributed by atoms with van der Waals surface area (Å²) < 4.78 is 76.8. The normalized spacial score (nSPS) is 17.7. The predicted octanol–water partition coefficient (Wildman–Crippen LogP) is 6.69. The van der Waals surface area contributed by atoms with Crippen LogP contribution >= 0.6 is 35.0 Å². The maximum atomic E-state index is 13.8. The quantitative estimate of drug-likeness (QED) is 0.180. The number of methoxy groups -OCH3 is 1. The minimum Gasteiger partial charge on any atom is -0.495 e. The Labute approximate surface area is 274 Å². The number of hydrogen-bond donors (Lipinski definition) is 0. The van der Waals surface area contributed by atoms with Crippen molar-refractivity contribution < 1.29 is 40.9 Å². The molecule has 2 aromatic carbocycles. The van der Waals surface area contributed by atoms with Crippen LogP contribution in [0.5, 0.6) is 17.2 Å². The standard InChI is InChI=1S/C30H30Cl2F2N2O7S2/c1-17-3-8-27(26(11-17)40-2)45(38,39)36-9-10-44-28(36)29(37)42-24(13-20-21(31)14-35-15-22(20)32)19-6-7-23(43-30(33)34)25(12-19)41-16-18-4-5-18/h3,6-8,11-12,14-15,18,24,28,30H,4-5,9-10,13,16H2,1-2H3/t24-,28-/m0/s1. The van der Waals surface area contributed by atoms with Crippen molar-refractivity contribution in [2.45, 2.75) is 49.2 Å². The smallest absolute Gasteiger partial charge is 0.387 e. The van der Waals surface area contributed by atoms with E-state index >= 15 is 0 Å². The summed E-state index contributed by atoms with van der Waals surface area (Å²) in [4.78, 5) is 17.7. The van der Waals surface area contributed by atoms with Gasteiger partial charge in [-0.25, -0.2) is 13.2 Å². The molecule has 5 rings (SSSR count). The minimum absolute atomic E-state index is 0.0288. The van der Waals surface area contributed by atoms with E-state index in [0.717, 1.165) is 34.5 Å². The number of ether oxygens (including phenoxy) is 4. The molecule has 45 heavy (non-hydrogen) atoms. The number of rotatable bonds is 13. The van der Waals surface area contributed by atoms with E-state index in [9.17, 15) is 22.0 Å². The molecule has 9 nitrogen and oxygen atoms in total. The molecule has 2 heterocycles. The van der Waals surface area contributed by atoms with E-state index in [1.165, 1.54) is 43.8 Å². The highest BCUT2D eigenvalue weighted by atomic mass is 35.5. The lowest BCUT2D eigenvalue weighted by atomic mass is 10.0. The third kappa shape index (κ3) is 7.94. The van der Waals surface area contributed by atoms with Gasteiger partial charge in [-0.3, -0.25) is 4.98 Å². The second-order valence-electron chi connectivity index (χ2n) is 10.5. The van der Waals surface area contributed by atoms with Gasteiger partial charge < -0.3 is 18.9 Å². The molecule has 2 atom stereocenters. The second-order valence-corrected chi connectivity index (χ2v) is 14.4.